The molecule has 0 amide bonds. The maximum Gasteiger partial charge on any atom is 0 e. The standard InChI is InChI=1S/2C12H24.C6H12.5CO.Fe/c2*1-3-5-7-9-11-12-10-8-6-4-2;1-3-5-6-4-2;5*1-2;/h9,11H,3-8,10,12H2,1-2H3;3H,1,4-12H2,2H3;5-6H,3-4H2,1-2H3;;;;;;/b11-9+;;6-5+;;;;;;. The fourth-order valence-electron chi connectivity index (χ4n) is 3.00. The number of unbranched alkanes of at least 4 members (excludes halogenated alkanes) is 14. The van der Waals surface area contributed by atoms with Crippen molar-refractivity contribution in [3.63, 3.8) is 0 Å². The van der Waals surface area contributed by atoms with E-state index in [9.17, 15) is 0 Å². The first-order valence-electron chi connectivity index (χ1n) is 14.7. The van der Waals surface area contributed by atoms with E-state index < -0.39 is 0 Å². The van der Waals surface area contributed by atoms with Crippen molar-refractivity contribution in [3.8, 4) is 0 Å². The molecule has 0 fully saturated rings. The molecular formula is C35H60FeO5. The number of allylic oxidation sites excluding steroid dienone is 5. The minimum absolute atomic E-state index is 0. The van der Waals surface area contributed by atoms with Gasteiger partial charge in [0.25, 0.3) is 0 Å². The van der Waals surface area contributed by atoms with E-state index in [4.69, 9.17) is 23.3 Å². The van der Waals surface area contributed by atoms with Crippen molar-refractivity contribution in [2.24, 2.45) is 0 Å². The zero-order chi connectivity index (χ0) is 33.0. The van der Waals surface area contributed by atoms with Crippen LogP contribution in [0, 0.1) is 33.3 Å². The van der Waals surface area contributed by atoms with Crippen LogP contribution in [-0.2, 0) is 40.3 Å². The third-order valence-electron chi connectivity index (χ3n) is 5.02. The van der Waals surface area contributed by atoms with Crippen LogP contribution in [0.4, 0.5) is 0 Å². The van der Waals surface area contributed by atoms with Gasteiger partial charge >= 0.3 is 56.5 Å². The maximum atomic E-state index is 7.50. The van der Waals surface area contributed by atoms with Gasteiger partial charge in [-0.2, -0.15) is 0 Å². The summed E-state index contributed by atoms with van der Waals surface area (Å²) >= 11 is 0. The van der Waals surface area contributed by atoms with E-state index in [0.29, 0.717) is 0 Å². The van der Waals surface area contributed by atoms with Crippen molar-refractivity contribution in [1.82, 2.24) is 0 Å². The molecule has 0 atom stereocenters. The third kappa shape index (κ3) is 135. The van der Waals surface area contributed by atoms with Crippen LogP contribution in [-0.4, -0.2) is 0 Å². The molecule has 0 heterocycles. The molecule has 238 valence electrons. The molecular weight excluding hydrogens is 556 g/mol. The molecule has 0 saturated heterocycles. The monoisotopic (exact) mass is 616 g/mol. The summed E-state index contributed by atoms with van der Waals surface area (Å²) in [5.41, 5.74) is 0. The number of hydrogen-bond donors (Lipinski definition) is 0. The SMILES string of the molecule is C=CCCCCCCCCCC.CC/C=C/CC.CCCC/C=C/CCCCCC.[C-]#[O+].[C-]#[O+].[C-]#[O+].[C-]#[O+].[C-]#[O+].[Fe]. The van der Waals surface area contributed by atoms with Gasteiger partial charge in [0.1, 0.15) is 0 Å². The van der Waals surface area contributed by atoms with E-state index in [2.05, 4.69) is 98.8 Å². The second-order valence-electron chi connectivity index (χ2n) is 8.30. The van der Waals surface area contributed by atoms with Crippen LogP contribution in [0.25, 0.3) is 0 Å². The van der Waals surface area contributed by atoms with E-state index >= 15 is 0 Å². The first-order valence-corrected chi connectivity index (χ1v) is 14.7. The van der Waals surface area contributed by atoms with Crippen LogP contribution in [0.3, 0.4) is 0 Å². The Labute approximate surface area is 266 Å². The molecule has 0 saturated carbocycles. The smallest absolute Gasteiger partial charge is 0 e. The van der Waals surface area contributed by atoms with Crippen LogP contribution < -0.4 is 0 Å². The minimum Gasteiger partial charge on any atom is 0 e. The van der Waals surface area contributed by atoms with E-state index in [1.54, 1.807) is 0 Å². The molecule has 0 unspecified atom stereocenters. The van der Waals surface area contributed by atoms with E-state index in [0.717, 1.165) is 0 Å². The van der Waals surface area contributed by atoms with Gasteiger partial charge in [-0.25, -0.2) is 0 Å². The summed E-state index contributed by atoms with van der Waals surface area (Å²) in [6, 6.07) is 0. The molecule has 0 rings (SSSR count). The zero-order valence-corrected chi connectivity index (χ0v) is 28.0. The Kier molecular flexibility index (Phi) is 164. The van der Waals surface area contributed by atoms with Crippen LogP contribution in [0.5, 0.6) is 0 Å². The van der Waals surface area contributed by atoms with Crippen LogP contribution in [0.15, 0.2) is 37.0 Å². The van der Waals surface area contributed by atoms with Gasteiger partial charge in [-0.05, 0) is 44.9 Å². The van der Waals surface area contributed by atoms with Crippen LogP contribution >= 0.6 is 0 Å². The van der Waals surface area contributed by atoms with Crippen molar-refractivity contribution in [2.45, 2.75) is 157 Å². The molecule has 0 bridgehead atoms. The molecule has 0 aliphatic heterocycles. The van der Waals surface area contributed by atoms with Gasteiger partial charge in [0.15, 0.2) is 0 Å². The number of hydrogen-bond acceptors (Lipinski definition) is 0. The Balaban J connectivity index is -0.0000000471. The minimum atomic E-state index is 0. The van der Waals surface area contributed by atoms with Crippen LogP contribution in [0.2, 0.25) is 0 Å². The molecule has 41 heavy (non-hydrogen) atoms. The fourth-order valence-corrected chi connectivity index (χ4v) is 3.00. The second kappa shape index (κ2) is 107. The summed E-state index contributed by atoms with van der Waals surface area (Å²) in [6.45, 7) is 37.3. The Hall–Kier alpha value is -1.56. The Bertz CT molecular complexity index is 476. The Morgan fingerprint density at radius 3 is 0.976 bits per heavy atom. The average Bonchev–Trinajstić information content (AvgIpc) is 3.04. The van der Waals surface area contributed by atoms with E-state index in [-0.39, 0.29) is 17.1 Å². The van der Waals surface area contributed by atoms with Crippen LogP contribution in [0.1, 0.15) is 157 Å². The van der Waals surface area contributed by atoms with Crippen molar-refractivity contribution in [1.29, 1.82) is 0 Å². The average molecular weight is 617 g/mol. The molecule has 0 spiro atoms. The molecule has 0 aliphatic carbocycles. The Morgan fingerprint density at radius 1 is 0.390 bits per heavy atom. The molecule has 0 aromatic carbocycles. The quantitative estimate of drug-likeness (QED) is 0.0453. The van der Waals surface area contributed by atoms with Crippen molar-refractivity contribution >= 4 is 0 Å². The second-order valence-corrected chi connectivity index (χ2v) is 8.30. The first-order chi connectivity index (χ1) is 19.7. The van der Waals surface area contributed by atoms with Gasteiger partial charge in [0, 0.05) is 17.1 Å². The summed E-state index contributed by atoms with van der Waals surface area (Å²) in [7, 11) is 0. The molecule has 0 aromatic rings. The predicted molar refractivity (Wildman–Crippen MR) is 164 cm³/mol. The van der Waals surface area contributed by atoms with E-state index in [1.807, 2.05) is 6.08 Å². The van der Waals surface area contributed by atoms with Gasteiger partial charge in [0.05, 0.1) is 0 Å². The summed E-state index contributed by atoms with van der Waals surface area (Å²) < 4.78 is 37.5. The molecule has 6 heteroatoms. The zero-order valence-electron chi connectivity index (χ0n) is 26.9. The molecule has 0 aliphatic rings. The fraction of sp³-hybridized carbons (Fsp3) is 0.686. The predicted octanol–water partition coefficient (Wildman–Crippen LogP) is 11.6. The summed E-state index contributed by atoms with van der Waals surface area (Å²) in [5, 5.41) is 0. The van der Waals surface area contributed by atoms with E-state index in [1.165, 1.54) is 122 Å². The largest absolute Gasteiger partial charge is 0 e. The van der Waals surface area contributed by atoms with Gasteiger partial charge in [0.2, 0.25) is 0 Å². The van der Waals surface area contributed by atoms with Crippen molar-refractivity contribution in [3.05, 3.63) is 70.2 Å². The van der Waals surface area contributed by atoms with Crippen molar-refractivity contribution < 1.29 is 40.3 Å². The van der Waals surface area contributed by atoms with Gasteiger partial charge in [-0.3, -0.25) is 0 Å². The molecule has 0 N–H and O–H groups in total. The summed E-state index contributed by atoms with van der Waals surface area (Å²) in [6.07, 6.45) is 36.7. The maximum absolute atomic E-state index is 7.50. The van der Waals surface area contributed by atoms with Crippen molar-refractivity contribution in [2.75, 3.05) is 0 Å². The summed E-state index contributed by atoms with van der Waals surface area (Å²) in [5.74, 6) is 0. The molecule has 0 aromatic heterocycles. The number of rotatable bonds is 19. The topological polar surface area (TPSA) is 99.5 Å². The van der Waals surface area contributed by atoms with Gasteiger partial charge in [-0.15, -0.1) is 6.58 Å². The van der Waals surface area contributed by atoms with Gasteiger partial charge < -0.3 is 0 Å². The molecule has 5 nitrogen and oxygen atoms in total. The Morgan fingerprint density at radius 2 is 0.659 bits per heavy atom. The van der Waals surface area contributed by atoms with Gasteiger partial charge in [-0.1, -0.05) is 142 Å². The first kappa shape index (κ1) is 62.9. The molecule has 0 radical (unpaired) electrons. The third-order valence-corrected chi connectivity index (χ3v) is 5.02. The summed E-state index contributed by atoms with van der Waals surface area (Å²) in [4.78, 5) is 0. The normalized spacial score (nSPS) is 7.98.